The van der Waals surface area contributed by atoms with Gasteiger partial charge in [0.05, 0.1) is 28.1 Å². The second kappa shape index (κ2) is 7.95. The summed E-state index contributed by atoms with van der Waals surface area (Å²) in [5.74, 6) is 1.29. The number of rotatable bonds is 2. The molecule has 4 aromatic rings. The Hall–Kier alpha value is -4.27. The molecule has 2 aliphatic heterocycles. The first kappa shape index (κ1) is 20.3. The van der Waals surface area contributed by atoms with Gasteiger partial charge in [0.1, 0.15) is 17.1 Å². The number of amidine groups is 2. The number of likely N-dealkylation sites (tertiary alicyclic amines) is 1. The summed E-state index contributed by atoms with van der Waals surface area (Å²) in [5.41, 5.74) is 12.8. The van der Waals surface area contributed by atoms with Crippen LogP contribution in [0.1, 0.15) is 24.2 Å². The van der Waals surface area contributed by atoms with Gasteiger partial charge >= 0.3 is 0 Å². The molecule has 0 bridgehead atoms. The Morgan fingerprint density at radius 1 is 0.824 bits per heavy atom. The highest BCUT2D eigenvalue weighted by atomic mass is 15.3. The highest BCUT2D eigenvalue weighted by Crippen LogP contribution is 2.29. The van der Waals surface area contributed by atoms with Crippen molar-refractivity contribution in [3.05, 3.63) is 72.0 Å². The van der Waals surface area contributed by atoms with E-state index in [9.17, 15) is 0 Å². The van der Waals surface area contributed by atoms with Crippen LogP contribution in [0.4, 0.5) is 11.4 Å². The zero-order valence-electron chi connectivity index (χ0n) is 19.2. The van der Waals surface area contributed by atoms with Crippen LogP contribution in [0.5, 0.6) is 0 Å². The lowest BCUT2D eigenvalue weighted by atomic mass is 10.2. The molecule has 6 heterocycles. The fourth-order valence-electron chi connectivity index (χ4n) is 4.56. The molecule has 34 heavy (non-hydrogen) atoms. The van der Waals surface area contributed by atoms with Crippen LogP contribution in [0.25, 0.3) is 11.0 Å². The van der Waals surface area contributed by atoms with Gasteiger partial charge in [0, 0.05) is 25.5 Å². The highest BCUT2D eigenvalue weighted by Gasteiger charge is 2.25. The Balaban J connectivity index is 1.55. The molecule has 0 atom stereocenters. The second-order valence-electron chi connectivity index (χ2n) is 8.59. The Morgan fingerprint density at radius 2 is 1.41 bits per heavy atom. The van der Waals surface area contributed by atoms with E-state index < -0.39 is 0 Å². The molecule has 0 aliphatic carbocycles. The van der Waals surface area contributed by atoms with Gasteiger partial charge in [0.2, 0.25) is 0 Å². The molecule has 1 fully saturated rings. The fourth-order valence-corrected chi connectivity index (χ4v) is 4.56. The van der Waals surface area contributed by atoms with Gasteiger partial charge in [-0.25, -0.2) is 24.0 Å². The number of pyridine rings is 2. The van der Waals surface area contributed by atoms with Gasteiger partial charge in [-0.1, -0.05) is 12.1 Å². The SMILES string of the molecule is Cc1nn2ccccc2c1N=C1C=C(N)C(N2CCCC2)=NC1=Nc1c(C)nn2ccccc12. The van der Waals surface area contributed by atoms with Gasteiger partial charge < -0.3 is 10.6 Å². The Morgan fingerprint density at radius 3 is 2.03 bits per heavy atom. The van der Waals surface area contributed by atoms with Crippen molar-refractivity contribution in [3.63, 3.8) is 0 Å². The van der Waals surface area contributed by atoms with Gasteiger partial charge in [-0.2, -0.15) is 10.2 Å². The van der Waals surface area contributed by atoms with E-state index in [0.29, 0.717) is 17.2 Å². The Labute approximate surface area is 196 Å². The third kappa shape index (κ3) is 3.37. The summed E-state index contributed by atoms with van der Waals surface area (Å²) in [4.78, 5) is 17.1. The van der Waals surface area contributed by atoms with E-state index >= 15 is 0 Å². The lowest BCUT2D eigenvalue weighted by Gasteiger charge is -2.23. The minimum absolute atomic E-state index is 0.521. The van der Waals surface area contributed by atoms with Crippen LogP contribution < -0.4 is 5.73 Å². The standard InChI is InChI=1S/C25H25N9/c1-16-22(20-9-3-5-13-33(20)30-16)27-19-15-18(26)25(32-11-7-8-12-32)29-24(19)28-23-17(2)31-34-14-6-4-10-21(23)34/h3-6,9-10,13-15H,7-8,11-12,26H2,1-2H3. The summed E-state index contributed by atoms with van der Waals surface area (Å²) in [5, 5.41) is 9.20. The maximum absolute atomic E-state index is 6.50. The summed E-state index contributed by atoms with van der Waals surface area (Å²) in [6.07, 6.45) is 7.98. The number of hydrogen-bond donors (Lipinski definition) is 1. The van der Waals surface area contributed by atoms with Gasteiger partial charge in [-0.05, 0) is 57.0 Å². The van der Waals surface area contributed by atoms with E-state index in [1.54, 1.807) is 0 Å². The predicted molar refractivity (Wildman–Crippen MR) is 135 cm³/mol. The number of nitrogens with zero attached hydrogens (tertiary/aromatic N) is 8. The van der Waals surface area contributed by atoms with Crippen molar-refractivity contribution in [2.45, 2.75) is 26.7 Å². The third-order valence-electron chi connectivity index (χ3n) is 6.21. The summed E-state index contributed by atoms with van der Waals surface area (Å²) >= 11 is 0. The molecule has 9 nitrogen and oxygen atoms in total. The van der Waals surface area contributed by atoms with Crippen LogP contribution in [-0.4, -0.2) is 54.6 Å². The topological polar surface area (TPSA) is 101 Å². The summed E-state index contributed by atoms with van der Waals surface area (Å²) in [6.45, 7) is 5.79. The van der Waals surface area contributed by atoms with Crippen LogP contribution in [0, 0.1) is 13.8 Å². The Kier molecular flexibility index (Phi) is 4.75. The molecule has 0 aromatic carbocycles. The van der Waals surface area contributed by atoms with E-state index in [1.807, 2.05) is 77.7 Å². The van der Waals surface area contributed by atoms with Gasteiger partial charge in [-0.15, -0.1) is 0 Å². The molecule has 9 heteroatoms. The summed E-state index contributed by atoms with van der Waals surface area (Å²) in [6, 6.07) is 11.9. The van der Waals surface area contributed by atoms with Crippen LogP contribution in [0.3, 0.4) is 0 Å². The number of dihydropyridines is 1. The molecule has 0 unspecified atom stereocenters. The van der Waals surface area contributed by atoms with Gasteiger partial charge in [0.25, 0.3) is 0 Å². The zero-order valence-corrected chi connectivity index (χ0v) is 19.2. The normalized spacial score (nSPS) is 18.9. The third-order valence-corrected chi connectivity index (χ3v) is 6.21. The average molecular weight is 452 g/mol. The van der Waals surface area contributed by atoms with Crippen molar-refractivity contribution >= 4 is 39.8 Å². The number of nitrogens with two attached hydrogens (primary N) is 1. The minimum Gasteiger partial charge on any atom is -0.396 e. The lowest BCUT2D eigenvalue weighted by molar-refractivity contribution is 0.519. The molecular formula is C25H25N9. The van der Waals surface area contributed by atoms with E-state index in [0.717, 1.165) is 65.6 Å². The van der Waals surface area contributed by atoms with Crippen LogP contribution in [-0.2, 0) is 0 Å². The van der Waals surface area contributed by atoms with E-state index in [-0.39, 0.29) is 0 Å². The molecule has 0 saturated carbocycles. The monoisotopic (exact) mass is 451 g/mol. The van der Waals surface area contributed by atoms with Gasteiger partial charge in [0.15, 0.2) is 11.7 Å². The molecule has 4 aromatic heterocycles. The molecule has 170 valence electrons. The Bertz CT molecular complexity index is 1540. The fraction of sp³-hybridized carbons (Fsp3) is 0.240. The quantitative estimate of drug-likeness (QED) is 0.501. The van der Waals surface area contributed by atoms with Crippen molar-refractivity contribution in [1.29, 1.82) is 0 Å². The molecule has 6 rings (SSSR count). The smallest absolute Gasteiger partial charge is 0.181 e. The van der Waals surface area contributed by atoms with Crippen molar-refractivity contribution in [3.8, 4) is 0 Å². The second-order valence-corrected chi connectivity index (χ2v) is 8.59. The van der Waals surface area contributed by atoms with E-state index in [4.69, 9.17) is 20.7 Å². The number of hydrogen-bond acceptors (Lipinski definition) is 6. The molecule has 0 radical (unpaired) electrons. The highest BCUT2D eigenvalue weighted by molar-refractivity contribution is 6.50. The number of fused-ring (bicyclic) bond motifs is 2. The van der Waals surface area contributed by atoms with Gasteiger partial charge in [-0.3, -0.25) is 0 Å². The maximum Gasteiger partial charge on any atom is 0.181 e. The molecule has 2 N–H and O–H groups in total. The van der Waals surface area contributed by atoms with Crippen molar-refractivity contribution < 1.29 is 0 Å². The molecule has 1 saturated heterocycles. The minimum atomic E-state index is 0.521. The van der Waals surface area contributed by atoms with Crippen molar-refractivity contribution in [2.75, 3.05) is 13.1 Å². The average Bonchev–Trinajstić information content (AvgIpc) is 3.54. The van der Waals surface area contributed by atoms with Crippen molar-refractivity contribution in [2.24, 2.45) is 20.7 Å². The number of aromatic nitrogens is 4. The molecule has 0 spiro atoms. The van der Waals surface area contributed by atoms with Crippen molar-refractivity contribution in [1.82, 2.24) is 24.1 Å². The molecular weight excluding hydrogens is 426 g/mol. The van der Waals surface area contributed by atoms with Crippen LogP contribution in [0.2, 0.25) is 0 Å². The number of aryl methyl sites for hydroxylation is 2. The van der Waals surface area contributed by atoms with Crippen LogP contribution >= 0.6 is 0 Å². The number of aliphatic imine (C=N–C) groups is 3. The first-order valence-electron chi connectivity index (χ1n) is 11.5. The lowest BCUT2D eigenvalue weighted by Crippen LogP contribution is -2.37. The van der Waals surface area contributed by atoms with E-state index in [2.05, 4.69) is 15.1 Å². The zero-order chi connectivity index (χ0) is 23.2. The maximum atomic E-state index is 6.50. The largest absolute Gasteiger partial charge is 0.396 e. The first-order valence-corrected chi connectivity index (χ1v) is 11.5. The molecule has 2 aliphatic rings. The first-order chi connectivity index (χ1) is 16.6. The summed E-state index contributed by atoms with van der Waals surface area (Å²) in [7, 11) is 0. The predicted octanol–water partition coefficient (Wildman–Crippen LogP) is 3.75. The van der Waals surface area contributed by atoms with E-state index in [1.165, 1.54) is 0 Å². The molecule has 0 amide bonds. The van der Waals surface area contributed by atoms with Crippen LogP contribution in [0.15, 0.2) is 75.5 Å². The summed E-state index contributed by atoms with van der Waals surface area (Å²) < 4.78 is 3.66.